The van der Waals surface area contributed by atoms with E-state index in [4.69, 9.17) is 9.47 Å². The zero-order chi connectivity index (χ0) is 15.1. The van der Waals surface area contributed by atoms with Gasteiger partial charge in [-0.2, -0.15) is 0 Å². The van der Waals surface area contributed by atoms with Crippen molar-refractivity contribution in [2.45, 2.75) is 52.3 Å². The molecule has 0 aromatic heterocycles. The highest BCUT2D eigenvalue weighted by Crippen LogP contribution is 2.41. The van der Waals surface area contributed by atoms with Crippen molar-refractivity contribution >= 4 is 6.09 Å². The summed E-state index contributed by atoms with van der Waals surface area (Å²) in [6.45, 7) is 13.5. The molecule has 5 nitrogen and oxygen atoms in total. The lowest BCUT2D eigenvalue weighted by molar-refractivity contribution is -0.132. The number of likely N-dealkylation sites (tertiary alicyclic amines) is 1. The zero-order valence-corrected chi connectivity index (χ0v) is 13.6. The Morgan fingerprint density at radius 2 is 2.00 bits per heavy atom. The van der Waals surface area contributed by atoms with Gasteiger partial charge in [0.15, 0.2) is 0 Å². The molecule has 5 heteroatoms. The van der Waals surface area contributed by atoms with Crippen LogP contribution in [0, 0.1) is 5.41 Å². The second-order valence-electron chi connectivity index (χ2n) is 7.49. The molecular formula is C15H28N2O3. The lowest BCUT2D eigenvalue weighted by Gasteiger charge is -2.45. The summed E-state index contributed by atoms with van der Waals surface area (Å²) in [6.07, 6.45) is -0.237. The van der Waals surface area contributed by atoms with Crippen LogP contribution in [0.5, 0.6) is 0 Å². The first-order valence-electron chi connectivity index (χ1n) is 7.42. The number of amides is 1. The van der Waals surface area contributed by atoms with E-state index in [1.165, 1.54) is 0 Å². The van der Waals surface area contributed by atoms with Crippen molar-refractivity contribution in [1.29, 1.82) is 0 Å². The number of rotatable bonds is 2. The second-order valence-corrected chi connectivity index (χ2v) is 7.49. The first kappa shape index (κ1) is 15.6. The topological polar surface area (TPSA) is 42.0 Å². The maximum Gasteiger partial charge on any atom is 0.410 e. The summed E-state index contributed by atoms with van der Waals surface area (Å²) >= 11 is 0. The van der Waals surface area contributed by atoms with E-state index in [-0.39, 0.29) is 17.6 Å². The lowest BCUT2D eigenvalue weighted by atomic mass is 9.80. The Morgan fingerprint density at radius 1 is 1.40 bits per heavy atom. The molecule has 2 fully saturated rings. The standard InChI is InChI=1S/C15H28N2O3/c1-11(2)17-7-12(15(8-17)9-19-10-15)16(6)13(18)20-14(3,4)5/h11-12H,7-10H2,1-6H3. The van der Waals surface area contributed by atoms with E-state index in [2.05, 4.69) is 18.7 Å². The third kappa shape index (κ3) is 2.93. The largest absolute Gasteiger partial charge is 0.444 e. The zero-order valence-electron chi connectivity index (χ0n) is 13.6. The monoisotopic (exact) mass is 284 g/mol. The third-order valence-electron chi connectivity index (χ3n) is 4.29. The van der Waals surface area contributed by atoms with Crippen LogP contribution in [0.25, 0.3) is 0 Å². The molecular weight excluding hydrogens is 256 g/mol. The third-order valence-corrected chi connectivity index (χ3v) is 4.29. The number of nitrogens with zero attached hydrogens (tertiary/aromatic N) is 2. The number of carbonyl (C=O) groups is 1. The van der Waals surface area contributed by atoms with Crippen LogP contribution < -0.4 is 0 Å². The van der Waals surface area contributed by atoms with Gasteiger partial charge in [-0.1, -0.05) is 0 Å². The Hall–Kier alpha value is -0.810. The molecule has 0 saturated carbocycles. The fourth-order valence-electron chi connectivity index (χ4n) is 3.03. The summed E-state index contributed by atoms with van der Waals surface area (Å²) in [6, 6.07) is 0.665. The van der Waals surface area contributed by atoms with Gasteiger partial charge in [-0.05, 0) is 34.6 Å². The first-order valence-corrected chi connectivity index (χ1v) is 7.42. The Labute approximate surface area is 122 Å². The predicted molar refractivity (Wildman–Crippen MR) is 77.7 cm³/mol. The van der Waals surface area contributed by atoms with Crippen LogP contribution in [0.15, 0.2) is 0 Å². The number of ether oxygens (including phenoxy) is 2. The minimum atomic E-state index is -0.453. The van der Waals surface area contributed by atoms with Crippen molar-refractivity contribution in [1.82, 2.24) is 9.80 Å². The Bertz CT molecular complexity index is 372. The van der Waals surface area contributed by atoms with Gasteiger partial charge >= 0.3 is 6.09 Å². The molecule has 0 N–H and O–H groups in total. The molecule has 0 aromatic carbocycles. The molecule has 20 heavy (non-hydrogen) atoms. The average molecular weight is 284 g/mol. The molecule has 2 rings (SSSR count). The molecule has 1 amide bonds. The highest BCUT2D eigenvalue weighted by Gasteiger charge is 2.55. The SMILES string of the molecule is CC(C)N1CC(N(C)C(=O)OC(C)(C)C)C2(COC2)C1. The summed E-state index contributed by atoms with van der Waals surface area (Å²) in [4.78, 5) is 16.5. The molecule has 1 unspecified atom stereocenters. The van der Waals surface area contributed by atoms with Gasteiger partial charge in [-0.15, -0.1) is 0 Å². The number of hydrogen-bond donors (Lipinski definition) is 0. The van der Waals surface area contributed by atoms with Crippen molar-refractivity contribution in [3.8, 4) is 0 Å². The maximum atomic E-state index is 12.3. The number of likely N-dealkylation sites (N-methyl/N-ethyl adjacent to an activating group) is 1. The molecule has 1 atom stereocenters. The van der Waals surface area contributed by atoms with Crippen LogP contribution in [-0.4, -0.2) is 66.9 Å². The fraction of sp³-hybridized carbons (Fsp3) is 0.933. The summed E-state index contributed by atoms with van der Waals surface area (Å²) < 4.78 is 10.9. The quantitative estimate of drug-likeness (QED) is 0.777. The average Bonchev–Trinajstić information content (AvgIpc) is 2.65. The van der Waals surface area contributed by atoms with E-state index in [1.54, 1.807) is 4.90 Å². The number of carbonyl (C=O) groups excluding carboxylic acids is 1. The number of hydrogen-bond acceptors (Lipinski definition) is 4. The first-order chi connectivity index (χ1) is 9.15. The van der Waals surface area contributed by atoms with Crippen LogP contribution in [0.1, 0.15) is 34.6 Å². The van der Waals surface area contributed by atoms with Crippen LogP contribution in [0.3, 0.4) is 0 Å². The highest BCUT2D eigenvalue weighted by atomic mass is 16.6. The highest BCUT2D eigenvalue weighted by molar-refractivity contribution is 5.68. The summed E-state index contributed by atoms with van der Waals surface area (Å²) in [5, 5.41) is 0. The summed E-state index contributed by atoms with van der Waals surface area (Å²) in [5.41, 5.74) is -0.360. The molecule has 116 valence electrons. The molecule has 0 bridgehead atoms. The van der Waals surface area contributed by atoms with Gasteiger partial charge in [-0.25, -0.2) is 4.79 Å². The van der Waals surface area contributed by atoms with Crippen molar-refractivity contribution in [2.24, 2.45) is 5.41 Å². The summed E-state index contributed by atoms with van der Waals surface area (Å²) in [5.74, 6) is 0. The molecule has 2 aliphatic rings. The van der Waals surface area contributed by atoms with Gasteiger partial charge in [0.05, 0.1) is 24.7 Å². The van der Waals surface area contributed by atoms with Gasteiger partial charge in [0.2, 0.25) is 0 Å². The normalized spacial score (nSPS) is 25.9. The van der Waals surface area contributed by atoms with E-state index < -0.39 is 5.60 Å². The minimum absolute atomic E-state index is 0.0932. The molecule has 2 saturated heterocycles. The van der Waals surface area contributed by atoms with Crippen LogP contribution in [-0.2, 0) is 9.47 Å². The van der Waals surface area contributed by atoms with E-state index >= 15 is 0 Å². The molecule has 0 radical (unpaired) electrons. The van der Waals surface area contributed by atoms with Crippen LogP contribution in [0.2, 0.25) is 0 Å². The van der Waals surface area contributed by atoms with E-state index in [0.29, 0.717) is 6.04 Å². The van der Waals surface area contributed by atoms with Crippen molar-refractivity contribution in [2.75, 3.05) is 33.4 Å². The Morgan fingerprint density at radius 3 is 2.40 bits per heavy atom. The van der Waals surface area contributed by atoms with Crippen molar-refractivity contribution in [3.05, 3.63) is 0 Å². The Balaban J connectivity index is 2.08. The molecule has 2 aliphatic heterocycles. The van der Waals surface area contributed by atoms with Gasteiger partial charge < -0.3 is 14.4 Å². The predicted octanol–water partition coefficient (Wildman–Crippen LogP) is 1.96. The van der Waals surface area contributed by atoms with Crippen molar-refractivity contribution < 1.29 is 14.3 Å². The van der Waals surface area contributed by atoms with E-state index in [9.17, 15) is 4.79 Å². The van der Waals surface area contributed by atoms with Crippen LogP contribution >= 0.6 is 0 Å². The van der Waals surface area contributed by atoms with Crippen molar-refractivity contribution in [3.63, 3.8) is 0 Å². The minimum Gasteiger partial charge on any atom is -0.444 e. The van der Waals surface area contributed by atoms with Gasteiger partial charge in [-0.3, -0.25) is 4.90 Å². The summed E-state index contributed by atoms with van der Waals surface area (Å²) in [7, 11) is 1.85. The van der Waals surface area contributed by atoms with Gasteiger partial charge in [0.25, 0.3) is 0 Å². The molecule has 0 aliphatic carbocycles. The molecule has 0 aromatic rings. The smallest absolute Gasteiger partial charge is 0.410 e. The Kier molecular flexibility index (Phi) is 4.04. The van der Waals surface area contributed by atoms with Gasteiger partial charge in [0.1, 0.15) is 5.60 Å². The fourth-order valence-corrected chi connectivity index (χ4v) is 3.03. The molecule has 1 spiro atoms. The van der Waals surface area contributed by atoms with E-state index in [1.807, 2.05) is 27.8 Å². The maximum absolute atomic E-state index is 12.3. The van der Waals surface area contributed by atoms with E-state index in [0.717, 1.165) is 26.3 Å². The second kappa shape index (κ2) is 5.19. The van der Waals surface area contributed by atoms with Crippen LogP contribution in [0.4, 0.5) is 4.79 Å². The molecule has 2 heterocycles. The van der Waals surface area contributed by atoms with Gasteiger partial charge in [0, 0.05) is 26.2 Å². The lowest BCUT2D eigenvalue weighted by Crippen LogP contribution is -2.58.